The molecule has 0 aliphatic heterocycles. The van der Waals surface area contributed by atoms with Crippen molar-refractivity contribution in [2.75, 3.05) is 6.61 Å². The molecule has 2 radical (unpaired) electrons. The Labute approximate surface area is 113 Å². The van der Waals surface area contributed by atoms with Gasteiger partial charge in [0.05, 0.1) is 6.61 Å². The number of hydrogen-bond acceptors (Lipinski definition) is 1. The average molecular weight is 436 g/mol. The summed E-state index contributed by atoms with van der Waals surface area (Å²) in [5, 5.41) is 8.47. The summed E-state index contributed by atoms with van der Waals surface area (Å²) in [6.45, 7) is 6.28. The Morgan fingerprint density at radius 2 is 2.00 bits per heavy atom. The molecule has 1 atom stereocenters. The Morgan fingerprint density at radius 3 is 2.46 bits per heavy atom. The van der Waals surface area contributed by atoms with Crippen molar-refractivity contribution in [3.63, 3.8) is 0 Å². The van der Waals surface area contributed by atoms with E-state index in [1.807, 2.05) is 6.08 Å². The first kappa shape index (κ1) is 19.7. The van der Waals surface area contributed by atoms with Gasteiger partial charge in [-0.1, -0.05) is 38.3 Å². The van der Waals surface area contributed by atoms with Crippen LogP contribution in [0.15, 0.2) is 12.2 Å². The van der Waals surface area contributed by atoms with Crippen LogP contribution >= 0.6 is 0 Å². The monoisotopic (exact) mass is 436 g/mol. The van der Waals surface area contributed by atoms with Crippen molar-refractivity contribution in [1.29, 1.82) is 0 Å². The topological polar surface area (TPSA) is 20.2 Å². The van der Waals surface area contributed by atoms with Gasteiger partial charge >= 0.3 is 27.7 Å². The average Bonchev–Trinajstić information content (AvgIpc) is 2.01. The molecular formula is C10H19BrHgO. The molecule has 0 aromatic heterocycles. The molecule has 0 saturated heterocycles. The Kier molecular flexibility index (Phi) is 23.6. The van der Waals surface area contributed by atoms with Crippen molar-refractivity contribution >= 4 is 0 Å². The van der Waals surface area contributed by atoms with E-state index >= 15 is 0 Å². The van der Waals surface area contributed by atoms with E-state index in [1.54, 1.807) is 6.08 Å². The Bertz CT molecular complexity index is 107. The number of rotatable bonds is 6. The Balaban J connectivity index is -0.000000500. The normalized spacial score (nSPS) is 11.9. The second-order valence-corrected chi connectivity index (χ2v) is 2.87. The zero-order valence-electron chi connectivity index (χ0n) is 8.51. The molecule has 0 rings (SSSR count). The summed E-state index contributed by atoms with van der Waals surface area (Å²) in [5.74, 6) is 0.383. The molecule has 0 aliphatic carbocycles. The van der Waals surface area contributed by atoms with E-state index in [-0.39, 0.29) is 51.3 Å². The second-order valence-electron chi connectivity index (χ2n) is 2.87. The first-order chi connectivity index (χ1) is 5.31. The molecule has 0 bridgehead atoms. The largest absolute Gasteiger partial charge is 1.00 e. The van der Waals surface area contributed by atoms with Gasteiger partial charge in [0.15, 0.2) is 0 Å². The molecule has 0 spiro atoms. The summed E-state index contributed by atoms with van der Waals surface area (Å²) in [5.41, 5.74) is 0. The maximum Gasteiger partial charge on any atom is 1.00 e. The van der Waals surface area contributed by atoms with E-state index in [4.69, 9.17) is 5.11 Å². The van der Waals surface area contributed by atoms with E-state index in [1.165, 1.54) is 19.3 Å². The van der Waals surface area contributed by atoms with Crippen LogP contribution in [-0.4, -0.2) is 11.7 Å². The maximum atomic E-state index is 8.47. The molecule has 0 fully saturated rings. The first-order valence-electron chi connectivity index (χ1n) is 4.41. The molecule has 0 amide bonds. The number of unbranched alkanes of at least 4 members (excludes halogenated alkanes) is 2. The number of aliphatic hydroxyl groups excluding tert-OH is 1. The molecule has 0 aromatic carbocycles. The maximum absolute atomic E-state index is 8.47. The molecule has 0 saturated carbocycles. The van der Waals surface area contributed by atoms with Crippen LogP contribution in [0.2, 0.25) is 0 Å². The van der Waals surface area contributed by atoms with Crippen molar-refractivity contribution in [2.45, 2.75) is 32.6 Å². The number of hydrogen-bond donors (Lipinski definition) is 1. The fraction of sp³-hybridized carbons (Fsp3) is 0.700. The van der Waals surface area contributed by atoms with Crippen LogP contribution in [0, 0.1) is 12.8 Å². The van der Waals surface area contributed by atoms with Gasteiger partial charge in [-0.25, -0.2) is 0 Å². The van der Waals surface area contributed by atoms with Gasteiger partial charge in [0, 0.05) is 0 Å². The Morgan fingerprint density at radius 1 is 1.38 bits per heavy atom. The zero-order chi connectivity index (χ0) is 8.53. The van der Waals surface area contributed by atoms with E-state index in [0.29, 0.717) is 5.92 Å². The van der Waals surface area contributed by atoms with E-state index in [2.05, 4.69) is 13.8 Å². The van der Waals surface area contributed by atoms with Gasteiger partial charge in [0.1, 0.15) is 0 Å². The van der Waals surface area contributed by atoms with Crippen LogP contribution < -0.4 is 17.0 Å². The fourth-order valence-electron chi connectivity index (χ4n) is 1.01. The molecule has 1 N–H and O–H groups in total. The van der Waals surface area contributed by atoms with Crippen molar-refractivity contribution in [3.05, 3.63) is 19.1 Å². The summed E-state index contributed by atoms with van der Waals surface area (Å²) in [6, 6.07) is 0. The standard InChI is InChI=1S/C10H19O.BrH.Hg/c1-3-4-5-7-10(2)8-6-9-11;;/h6,8,10-11H,2-5,7,9H2,1H3;1H;/q;;+1/p-1/b8-6+;;. The van der Waals surface area contributed by atoms with Gasteiger partial charge in [-0.3, -0.25) is 0 Å². The van der Waals surface area contributed by atoms with Crippen molar-refractivity contribution in [2.24, 2.45) is 5.92 Å². The first-order valence-corrected chi connectivity index (χ1v) is 4.41. The summed E-state index contributed by atoms with van der Waals surface area (Å²) in [4.78, 5) is 0. The minimum absolute atomic E-state index is 0. The molecular weight excluding hydrogens is 417 g/mol. The third-order valence-corrected chi connectivity index (χ3v) is 1.69. The molecule has 3 heteroatoms. The summed E-state index contributed by atoms with van der Waals surface area (Å²) >= 11 is 0. The van der Waals surface area contributed by atoms with Gasteiger partial charge in [0.2, 0.25) is 0 Å². The van der Waals surface area contributed by atoms with Crippen LogP contribution in [0.5, 0.6) is 0 Å². The fourth-order valence-corrected chi connectivity index (χ4v) is 1.01. The second kappa shape index (κ2) is 15.6. The van der Waals surface area contributed by atoms with Crippen LogP contribution in [0.3, 0.4) is 0 Å². The molecule has 1 unspecified atom stereocenters. The van der Waals surface area contributed by atoms with Crippen molar-refractivity contribution in [3.8, 4) is 0 Å². The van der Waals surface area contributed by atoms with Crippen LogP contribution in [-0.2, 0) is 27.7 Å². The predicted octanol–water partition coefficient (Wildman–Crippen LogP) is -0.433. The van der Waals surface area contributed by atoms with Crippen molar-refractivity contribution in [1.82, 2.24) is 0 Å². The third kappa shape index (κ3) is 15.8. The number of allylic oxidation sites excluding steroid dienone is 1. The van der Waals surface area contributed by atoms with Crippen molar-refractivity contribution < 1.29 is 49.8 Å². The zero-order valence-corrected chi connectivity index (χ0v) is 15.6. The van der Waals surface area contributed by atoms with Gasteiger partial charge in [0.25, 0.3) is 0 Å². The van der Waals surface area contributed by atoms with E-state index in [9.17, 15) is 0 Å². The summed E-state index contributed by atoms with van der Waals surface area (Å²) in [7, 11) is 0. The van der Waals surface area contributed by atoms with E-state index < -0.39 is 0 Å². The van der Waals surface area contributed by atoms with Crippen LogP contribution in [0.25, 0.3) is 0 Å². The third-order valence-electron chi connectivity index (χ3n) is 1.69. The van der Waals surface area contributed by atoms with Gasteiger partial charge < -0.3 is 22.1 Å². The molecule has 0 aromatic rings. The number of aliphatic hydroxyl groups is 1. The summed E-state index contributed by atoms with van der Waals surface area (Å²) in [6.07, 6.45) is 8.69. The minimum Gasteiger partial charge on any atom is -1.00 e. The SMILES string of the molecule is [Br-].[CH2]C(/C=C/CO)CCCCC.[Hg+]. The van der Waals surface area contributed by atoms with Gasteiger partial charge in [-0.2, -0.15) is 0 Å². The molecule has 0 aliphatic rings. The number of halogens is 1. The molecule has 13 heavy (non-hydrogen) atoms. The minimum atomic E-state index is 0. The van der Waals surface area contributed by atoms with Crippen LogP contribution in [0.4, 0.5) is 0 Å². The molecule has 74 valence electrons. The quantitative estimate of drug-likeness (QED) is 0.341. The Hall–Kier alpha value is 1.12. The van der Waals surface area contributed by atoms with E-state index in [0.717, 1.165) is 6.42 Å². The summed E-state index contributed by atoms with van der Waals surface area (Å²) < 4.78 is 0. The molecule has 1 nitrogen and oxygen atoms in total. The van der Waals surface area contributed by atoms with Crippen LogP contribution in [0.1, 0.15) is 32.6 Å². The molecule has 0 heterocycles. The predicted molar refractivity (Wildman–Crippen MR) is 49.2 cm³/mol. The smallest absolute Gasteiger partial charge is 1.00 e. The van der Waals surface area contributed by atoms with Gasteiger partial charge in [-0.05, 0) is 19.3 Å². The van der Waals surface area contributed by atoms with Gasteiger partial charge in [-0.15, -0.1) is 0 Å².